The predicted molar refractivity (Wildman–Crippen MR) is 104 cm³/mol. The Morgan fingerprint density at radius 2 is 1.81 bits per heavy atom. The van der Waals surface area contributed by atoms with E-state index in [2.05, 4.69) is 23.1 Å². The number of likely N-dealkylation sites (tertiary alicyclic amines) is 1. The number of para-hydroxylation sites is 1. The highest BCUT2D eigenvalue weighted by Crippen LogP contribution is 2.46. The van der Waals surface area contributed by atoms with Crippen LogP contribution in [0.2, 0.25) is 0 Å². The van der Waals surface area contributed by atoms with Crippen LogP contribution >= 0.6 is 0 Å². The highest BCUT2D eigenvalue weighted by Gasteiger charge is 2.45. The average molecular weight is 374 g/mol. The third-order valence-electron chi connectivity index (χ3n) is 5.31. The van der Waals surface area contributed by atoms with E-state index in [1.807, 2.05) is 33.8 Å². The first kappa shape index (κ1) is 19.5. The Hall–Kier alpha value is -2.24. The summed E-state index contributed by atoms with van der Waals surface area (Å²) in [5.41, 5.74) is 1.87. The molecule has 0 aliphatic carbocycles. The summed E-state index contributed by atoms with van der Waals surface area (Å²) in [7, 11) is 0. The Balaban J connectivity index is 1.72. The predicted octanol–water partition coefficient (Wildman–Crippen LogP) is 3.34. The van der Waals surface area contributed by atoms with E-state index in [0.29, 0.717) is 19.7 Å². The van der Waals surface area contributed by atoms with Crippen molar-refractivity contribution in [3.05, 3.63) is 29.8 Å². The second kappa shape index (κ2) is 7.41. The number of rotatable bonds is 3. The van der Waals surface area contributed by atoms with Crippen molar-refractivity contribution in [1.82, 2.24) is 4.90 Å². The molecule has 6 nitrogen and oxygen atoms in total. The van der Waals surface area contributed by atoms with Gasteiger partial charge < -0.3 is 19.3 Å². The standard InChI is InChI=1S/C21H30N2O4/c1-5-26-18(24)14-23-15-21(16-8-6-7-9-17(16)23)10-12-22(13-11-21)19(25)27-20(2,3)4/h6-9H,5,10-15H2,1-4H3. The zero-order chi connectivity index (χ0) is 19.7. The second-order valence-corrected chi connectivity index (χ2v) is 8.43. The van der Waals surface area contributed by atoms with E-state index in [1.54, 1.807) is 4.90 Å². The van der Waals surface area contributed by atoms with Crippen LogP contribution in [0.15, 0.2) is 24.3 Å². The molecular weight excluding hydrogens is 344 g/mol. The van der Waals surface area contributed by atoms with Crippen molar-refractivity contribution in [1.29, 1.82) is 0 Å². The lowest BCUT2D eigenvalue weighted by atomic mass is 9.74. The van der Waals surface area contributed by atoms with Crippen LogP contribution in [0, 0.1) is 0 Å². The number of hydrogen-bond acceptors (Lipinski definition) is 5. The van der Waals surface area contributed by atoms with Crippen LogP contribution in [0.4, 0.5) is 10.5 Å². The molecule has 0 atom stereocenters. The number of carbonyl (C=O) groups is 2. The van der Waals surface area contributed by atoms with Gasteiger partial charge in [-0.2, -0.15) is 0 Å². The molecule has 1 aromatic carbocycles. The van der Waals surface area contributed by atoms with Crippen LogP contribution in [0.1, 0.15) is 46.1 Å². The first-order valence-corrected chi connectivity index (χ1v) is 9.72. The number of hydrogen-bond donors (Lipinski definition) is 0. The zero-order valence-electron chi connectivity index (χ0n) is 16.8. The highest BCUT2D eigenvalue weighted by atomic mass is 16.6. The molecule has 1 amide bonds. The molecule has 1 aromatic rings. The Morgan fingerprint density at radius 3 is 2.44 bits per heavy atom. The smallest absolute Gasteiger partial charge is 0.410 e. The lowest BCUT2D eigenvalue weighted by molar-refractivity contribution is -0.141. The lowest BCUT2D eigenvalue weighted by Crippen LogP contribution is -2.48. The average Bonchev–Trinajstić information content (AvgIpc) is 2.88. The Kier molecular flexibility index (Phi) is 5.36. The molecule has 0 aromatic heterocycles. The van der Waals surface area contributed by atoms with Crippen LogP contribution < -0.4 is 4.90 Å². The molecule has 6 heteroatoms. The zero-order valence-corrected chi connectivity index (χ0v) is 16.8. The molecule has 0 bridgehead atoms. The van der Waals surface area contributed by atoms with Crippen molar-refractivity contribution in [3.63, 3.8) is 0 Å². The maximum absolute atomic E-state index is 12.4. The van der Waals surface area contributed by atoms with Crippen molar-refractivity contribution in [3.8, 4) is 0 Å². The molecule has 1 saturated heterocycles. The van der Waals surface area contributed by atoms with Crippen LogP contribution in [0.25, 0.3) is 0 Å². The SMILES string of the molecule is CCOC(=O)CN1CC2(CCN(C(=O)OC(C)(C)C)CC2)c2ccccc21. The Labute approximate surface area is 161 Å². The Bertz CT molecular complexity index is 702. The molecule has 0 saturated carbocycles. The minimum absolute atomic E-state index is 0.0262. The molecule has 2 heterocycles. The van der Waals surface area contributed by atoms with Gasteiger partial charge in [0.05, 0.1) is 6.61 Å². The van der Waals surface area contributed by atoms with Crippen molar-refractivity contribution >= 4 is 17.7 Å². The van der Waals surface area contributed by atoms with E-state index in [0.717, 1.165) is 25.1 Å². The van der Waals surface area contributed by atoms with Crippen molar-refractivity contribution < 1.29 is 19.1 Å². The normalized spacial score (nSPS) is 18.4. The summed E-state index contributed by atoms with van der Waals surface area (Å²) in [4.78, 5) is 28.3. The molecule has 2 aliphatic heterocycles. The van der Waals surface area contributed by atoms with E-state index < -0.39 is 5.60 Å². The van der Waals surface area contributed by atoms with E-state index in [-0.39, 0.29) is 24.0 Å². The summed E-state index contributed by atoms with van der Waals surface area (Å²) >= 11 is 0. The molecule has 148 valence electrons. The van der Waals surface area contributed by atoms with Crippen molar-refractivity contribution in [2.45, 2.75) is 51.6 Å². The van der Waals surface area contributed by atoms with Gasteiger partial charge >= 0.3 is 12.1 Å². The summed E-state index contributed by atoms with van der Waals surface area (Å²) < 4.78 is 10.7. The Morgan fingerprint density at radius 1 is 1.15 bits per heavy atom. The molecule has 0 N–H and O–H groups in total. The van der Waals surface area contributed by atoms with Gasteiger partial charge in [0.2, 0.25) is 0 Å². The fraction of sp³-hybridized carbons (Fsp3) is 0.619. The third kappa shape index (κ3) is 4.20. The molecule has 3 rings (SSSR count). The van der Waals surface area contributed by atoms with Gasteiger partial charge in [0, 0.05) is 30.7 Å². The van der Waals surface area contributed by atoms with Gasteiger partial charge in [-0.05, 0) is 52.2 Å². The monoisotopic (exact) mass is 374 g/mol. The summed E-state index contributed by atoms with van der Waals surface area (Å²) in [5.74, 6) is -0.199. The molecular formula is C21H30N2O4. The molecule has 2 aliphatic rings. The quantitative estimate of drug-likeness (QED) is 0.760. The van der Waals surface area contributed by atoms with Crippen LogP contribution in [-0.4, -0.2) is 55.3 Å². The number of carbonyl (C=O) groups excluding carboxylic acids is 2. The minimum Gasteiger partial charge on any atom is -0.465 e. The van der Waals surface area contributed by atoms with Gasteiger partial charge in [0.15, 0.2) is 0 Å². The first-order chi connectivity index (χ1) is 12.7. The fourth-order valence-corrected chi connectivity index (χ4v) is 4.11. The van der Waals surface area contributed by atoms with Gasteiger partial charge in [0.25, 0.3) is 0 Å². The van der Waals surface area contributed by atoms with Gasteiger partial charge in [-0.15, -0.1) is 0 Å². The summed E-state index contributed by atoms with van der Waals surface area (Å²) in [5, 5.41) is 0. The minimum atomic E-state index is -0.484. The number of benzene rings is 1. The van der Waals surface area contributed by atoms with Crippen molar-refractivity contribution in [2.75, 3.05) is 37.7 Å². The number of piperidine rings is 1. The van der Waals surface area contributed by atoms with Gasteiger partial charge in [-0.3, -0.25) is 4.79 Å². The van der Waals surface area contributed by atoms with Gasteiger partial charge in [-0.1, -0.05) is 18.2 Å². The molecule has 27 heavy (non-hydrogen) atoms. The topological polar surface area (TPSA) is 59.1 Å². The number of nitrogens with zero attached hydrogens (tertiary/aromatic N) is 2. The van der Waals surface area contributed by atoms with Crippen LogP contribution in [0.3, 0.4) is 0 Å². The number of anilines is 1. The van der Waals surface area contributed by atoms with Gasteiger partial charge in [-0.25, -0.2) is 4.79 Å². The largest absolute Gasteiger partial charge is 0.465 e. The highest BCUT2D eigenvalue weighted by molar-refractivity contribution is 5.78. The maximum atomic E-state index is 12.4. The summed E-state index contributed by atoms with van der Waals surface area (Å²) in [6.07, 6.45) is 1.48. The number of fused-ring (bicyclic) bond motifs is 2. The summed E-state index contributed by atoms with van der Waals surface area (Å²) in [6.45, 7) is 10.3. The third-order valence-corrected chi connectivity index (χ3v) is 5.31. The maximum Gasteiger partial charge on any atom is 0.410 e. The second-order valence-electron chi connectivity index (χ2n) is 8.43. The molecule has 0 radical (unpaired) electrons. The van der Waals surface area contributed by atoms with Crippen LogP contribution in [0.5, 0.6) is 0 Å². The number of ether oxygens (including phenoxy) is 2. The first-order valence-electron chi connectivity index (χ1n) is 9.72. The van der Waals surface area contributed by atoms with E-state index in [9.17, 15) is 9.59 Å². The summed E-state index contributed by atoms with van der Waals surface area (Å²) in [6, 6.07) is 8.29. The van der Waals surface area contributed by atoms with Gasteiger partial charge in [0.1, 0.15) is 12.1 Å². The van der Waals surface area contributed by atoms with Crippen molar-refractivity contribution in [2.24, 2.45) is 0 Å². The number of amides is 1. The number of esters is 1. The van der Waals surface area contributed by atoms with E-state index >= 15 is 0 Å². The van der Waals surface area contributed by atoms with E-state index in [1.165, 1.54) is 5.56 Å². The van der Waals surface area contributed by atoms with Crippen LogP contribution in [-0.2, 0) is 19.7 Å². The van der Waals surface area contributed by atoms with E-state index in [4.69, 9.17) is 9.47 Å². The fourth-order valence-electron chi connectivity index (χ4n) is 4.11. The molecule has 0 unspecified atom stereocenters. The molecule has 1 spiro atoms. The molecule has 1 fully saturated rings. The lowest BCUT2D eigenvalue weighted by Gasteiger charge is -2.40.